The Hall–Kier alpha value is -2.25. The molecule has 118 valence electrons. The number of likely N-dealkylation sites (tertiary alicyclic amines) is 1. The maximum atomic E-state index is 13.0. The van der Waals surface area contributed by atoms with Crippen LogP contribution in [0.25, 0.3) is 5.52 Å². The van der Waals surface area contributed by atoms with Gasteiger partial charge in [0, 0.05) is 24.7 Å². The first-order valence-electron chi connectivity index (χ1n) is 6.87. The van der Waals surface area contributed by atoms with Crippen molar-refractivity contribution in [2.24, 2.45) is 0 Å². The van der Waals surface area contributed by atoms with Crippen LogP contribution in [0.5, 0.6) is 0 Å². The van der Waals surface area contributed by atoms with Crippen LogP contribution in [0.2, 0.25) is 0 Å². The van der Waals surface area contributed by atoms with Crippen LogP contribution in [0.15, 0.2) is 24.7 Å². The summed E-state index contributed by atoms with van der Waals surface area (Å²) in [6, 6.07) is 2.22. The molecule has 3 heterocycles. The number of imidazole rings is 1. The Labute approximate surface area is 124 Å². The monoisotopic (exact) mass is 313 g/mol. The SMILES string of the molecule is O=C(O)N1CCC(c2cc(C(F)(F)F)cc3cncn23)CC1. The zero-order valence-corrected chi connectivity index (χ0v) is 11.5. The molecule has 0 aromatic carbocycles. The molecule has 0 unspecified atom stereocenters. The van der Waals surface area contributed by atoms with Crippen LogP contribution in [0.3, 0.4) is 0 Å². The van der Waals surface area contributed by atoms with Gasteiger partial charge in [0.05, 0.1) is 23.6 Å². The van der Waals surface area contributed by atoms with Gasteiger partial charge in [0.1, 0.15) is 0 Å². The number of pyridine rings is 1. The van der Waals surface area contributed by atoms with E-state index in [1.165, 1.54) is 17.4 Å². The average molecular weight is 313 g/mol. The molecule has 5 nitrogen and oxygen atoms in total. The number of piperidine rings is 1. The van der Waals surface area contributed by atoms with Crippen LogP contribution >= 0.6 is 0 Å². The zero-order valence-electron chi connectivity index (χ0n) is 11.5. The summed E-state index contributed by atoms with van der Waals surface area (Å²) >= 11 is 0. The number of rotatable bonds is 1. The van der Waals surface area contributed by atoms with E-state index >= 15 is 0 Å². The average Bonchev–Trinajstić information content (AvgIpc) is 2.93. The van der Waals surface area contributed by atoms with Crippen LogP contribution in [0.4, 0.5) is 18.0 Å². The number of carbonyl (C=O) groups is 1. The summed E-state index contributed by atoms with van der Waals surface area (Å²) in [6.45, 7) is 0.652. The first-order chi connectivity index (χ1) is 10.4. The molecule has 0 bridgehead atoms. The van der Waals surface area contributed by atoms with Gasteiger partial charge in [-0.15, -0.1) is 0 Å². The van der Waals surface area contributed by atoms with E-state index < -0.39 is 17.8 Å². The Morgan fingerprint density at radius 1 is 1.27 bits per heavy atom. The van der Waals surface area contributed by atoms with Gasteiger partial charge >= 0.3 is 12.3 Å². The van der Waals surface area contributed by atoms with Crippen LogP contribution < -0.4 is 0 Å². The fraction of sp³-hybridized carbons (Fsp3) is 0.429. The van der Waals surface area contributed by atoms with Crippen molar-refractivity contribution in [1.29, 1.82) is 0 Å². The van der Waals surface area contributed by atoms with Crippen LogP contribution in [-0.4, -0.2) is 38.6 Å². The highest BCUT2D eigenvalue weighted by Gasteiger charge is 2.33. The summed E-state index contributed by atoms with van der Waals surface area (Å²) in [5, 5.41) is 8.95. The number of aromatic nitrogens is 2. The fourth-order valence-electron chi connectivity index (χ4n) is 2.90. The molecule has 1 fully saturated rings. The van der Waals surface area contributed by atoms with Gasteiger partial charge in [0.15, 0.2) is 0 Å². The molecule has 22 heavy (non-hydrogen) atoms. The summed E-state index contributed by atoms with van der Waals surface area (Å²) < 4.78 is 40.7. The molecule has 0 aliphatic carbocycles. The minimum atomic E-state index is -4.41. The lowest BCUT2D eigenvalue weighted by atomic mass is 9.92. The maximum Gasteiger partial charge on any atom is 0.416 e. The van der Waals surface area contributed by atoms with Gasteiger partial charge in [-0.25, -0.2) is 9.78 Å². The molecule has 0 atom stereocenters. The highest BCUT2D eigenvalue weighted by atomic mass is 19.4. The summed E-state index contributed by atoms with van der Waals surface area (Å²) in [6.07, 6.45) is -1.51. The number of carboxylic acid groups (broad SMARTS) is 1. The van der Waals surface area contributed by atoms with Gasteiger partial charge in [-0.2, -0.15) is 13.2 Å². The van der Waals surface area contributed by atoms with E-state index in [9.17, 15) is 18.0 Å². The first-order valence-corrected chi connectivity index (χ1v) is 6.87. The van der Waals surface area contributed by atoms with E-state index in [4.69, 9.17) is 5.11 Å². The van der Waals surface area contributed by atoms with Gasteiger partial charge in [-0.3, -0.25) is 0 Å². The third-order valence-corrected chi connectivity index (χ3v) is 4.06. The third-order valence-electron chi connectivity index (χ3n) is 4.06. The van der Waals surface area contributed by atoms with E-state index in [0.29, 0.717) is 37.1 Å². The number of alkyl halides is 3. The number of nitrogens with zero attached hydrogens (tertiary/aromatic N) is 3. The molecule has 2 aromatic rings. The second kappa shape index (κ2) is 5.19. The molecule has 8 heteroatoms. The molecule has 0 radical (unpaired) electrons. The van der Waals surface area contributed by atoms with Gasteiger partial charge in [0.25, 0.3) is 0 Å². The quantitative estimate of drug-likeness (QED) is 0.879. The zero-order chi connectivity index (χ0) is 15.9. The lowest BCUT2D eigenvalue weighted by Crippen LogP contribution is -2.37. The topological polar surface area (TPSA) is 57.8 Å². The molecule has 3 rings (SSSR count). The van der Waals surface area contributed by atoms with Crippen LogP contribution in [0, 0.1) is 0 Å². The fourth-order valence-corrected chi connectivity index (χ4v) is 2.90. The Balaban J connectivity index is 1.96. The molecule has 2 aromatic heterocycles. The van der Waals surface area contributed by atoms with E-state index in [1.54, 1.807) is 4.40 Å². The highest BCUT2D eigenvalue weighted by Crippen LogP contribution is 2.35. The first kappa shape index (κ1) is 14.7. The number of halogens is 3. The lowest BCUT2D eigenvalue weighted by Gasteiger charge is -2.30. The predicted molar refractivity (Wildman–Crippen MR) is 71.8 cm³/mol. The molecule has 1 aliphatic heterocycles. The maximum absolute atomic E-state index is 13.0. The number of amides is 1. The molecule has 1 saturated heterocycles. The molecular weight excluding hydrogens is 299 g/mol. The number of hydrogen-bond acceptors (Lipinski definition) is 2. The molecule has 0 spiro atoms. The van der Waals surface area contributed by atoms with E-state index in [2.05, 4.69) is 4.98 Å². The van der Waals surface area contributed by atoms with Crippen molar-refractivity contribution in [2.75, 3.05) is 13.1 Å². The second-order valence-corrected chi connectivity index (χ2v) is 5.40. The number of hydrogen-bond donors (Lipinski definition) is 1. The molecule has 1 aliphatic rings. The Bertz CT molecular complexity index is 703. The van der Waals surface area contributed by atoms with Crippen molar-refractivity contribution in [3.63, 3.8) is 0 Å². The highest BCUT2D eigenvalue weighted by molar-refractivity contribution is 5.65. The Morgan fingerprint density at radius 3 is 2.55 bits per heavy atom. The van der Waals surface area contributed by atoms with Crippen molar-refractivity contribution in [1.82, 2.24) is 14.3 Å². The smallest absolute Gasteiger partial charge is 0.416 e. The van der Waals surface area contributed by atoms with Gasteiger partial charge < -0.3 is 14.4 Å². The van der Waals surface area contributed by atoms with Gasteiger partial charge in [-0.1, -0.05) is 0 Å². The van der Waals surface area contributed by atoms with Gasteiger partial charge in [0.2, 0.25) is 0 Å². The van der Waals surface area contributed by atoms with Gasteiger partial charge in [-0.05, 0) is 25.0 Å². The minimum Gasteiger partial charge on any atom is -0.465 e. The summed E-state index contributed by atoms with van der Waals surface area (Å²) in [4.78, 5) is 16.1. The van der Waals surface area contributed by atoms with Crippen molar-refractivity contribution >= 4 is 11.6 Å². The predicted octanol–water partition coefficient (Wildman–Crippen LogP) is 3.21. The van der Waals surface area contributed by atoms with Crippen molar-refractivity contribution in [3.05, 3.63) is 35.9 Å². The largest absolute Gasteiger partial charge is 0.465 e. The summed E-state index contributed by atoms with van der Waals surface area (Å²) in [5.41, 5.74) is 0.231. The lowest BCUT2D eigenvalue weighted by molar-refractivity contribution is -0.137. The van der Waals surface area contributed by atoms with E-state index in [1.807, 2.05) is 0 Å². The summed E-state index contributed by atoms with van der Waals surface area (Å²) in [5.74, 6) is -0.116. The van der Waals surface area contributed by atoms with Crippen LogP contribution in [-0.2, 0) is 6.18 Å². The molecule has 1 N–H and O–H groups in total. The Kier molecular flexibility index (Phi) is 3.46. The molecule has 0 saturated carbocycles. The third kappa shape index (κ3) is 2.60. The standard InChI is InChI=1S/C14H14F3N3O2/c15-14(16,17)10-5-11-7-18-8-20(11)12(6-10)9-1-3-19(4-2-9)13(21)22/h5-9H,1-4H2,(H,21,22). The molecule has 1 amide bonds. The normalized spacial score (nSPS) is 17.1. The van der Waals surface area contributed by atoms with Crippen molar-refractivity contribution in [2.45, 2.75) is 24.9 Å². The summed E-state index contributed by atoms with van der Waals surface area (Å²) in [7, 11) is 0. The van der Waals surface area contributed by atoms with E-state index in [0.717, 1.165) is 12.1 Å². The number of fused-ring (bicyclic) bond motifs is 1. The van der Waals surface area contributed by atoms with E-state index in [-0.39, 0.29) is 5.92 Å². The molecular formula is C14H14F3N3O2. The van der Waals surface area contributed by atoms with Crippen molar-refractivity contribution < 1.29 is 23.1 Å². The second-order valence-electron chi connectivity index (χ2n) is 5.40. The Morgan fingerprint density at radius 2 is 1.95 bits per heavy atom. The minimum absolute atomic E-state index is 0.116. The van der Waals surface area contributed by atoms with Crippen LogP contribution in [0.1, 0.15) is 30.0 Å². The van der Waals surface area contributed by atoms with Crippen molar-refractivity contribution in [3.8, 4) is 0 Å².